The van der Waals surface area contributed by atoms with Crippen molar-refractivity contribution in [1.29, 1.82) is 0 Å². The highest BCUT2D eigenvalue weighted by molar-refractivity contribution is 6.09. The molecule has 0 saturated heterocycles. The van der Waals surface area contributed by atoms with Gasteiger partial charge in [-0.15, -0.1) is 0 Å². The van der Waals surface area contributed by atoms with Crippen LogP contribution in [-0.4, -0.2) is 0 Å². The van der Waals surface area contributed by atoms with Crippen LogP contribution in [0.2, 0.25) is 0 Å². The smallest absolute Gasteiger partial charge is 0.0803 e. The molecule has 0 amide bonds. The molecule has 0 N–H and O–H groups in total. The highest BCUT2D eigenvalue weighted by Gasteiger charge is 2.51. The zero-order chi connectivity index (χ0) is 41.5. The SMILES string of the molecule is C1=CC2(C3=Cc4ccccc4C3=C1)C1=Cc3ccccc3C1=CC=C2N(c1ccccc1-c1ccccc1)c1c2c(cc(-c3ccccc3)c1-c1ccccc1)-c1ccccc1C2. The molecule has 0 heterocycles. The van der Waals surface area contributed by atoms with Crippen LogP contribution < -0.4 is 4.90 Å². The van der Waals surface area contributed by atoms with Crippen LogP contribution in [0.4, 0.5) is 11.4 Å². The van der Waals surface area contributed by atoms with E-state index in [1.165, 1.54) is 112 Å². The first kappa shape index (κ1) is 35.7. The van der Waals surface area contributed by atoms with Gasteiger partial charge in [0, 0.05) is 23.2 Å². The molecule has 0 radical (unpaired) electrons. The topological polar surface area (TPSA) is 3.24 Å². The van der Waals surface area contributed by atoms with Crippen molar-refractivity contribution < 1.29 is 0 Å². The number of para-hydroxylation sites is 1. The number of nitrogens with zero attached hydrogens (tertiary/aromatic N) is 1. The number of anilines is 2. The molecular formula is C62H41N. The summed E-state index contributed by atoms with van der Waals surface area (Å²) in [6, 6.07) is 71.6. The van der Waals surface area contributed by atoms with Crippen molar-refractivity contribution in [3.8, 4) is 44.5 Å². The third-order valence-corrected chi connectivity index (χ3v) is 13.9. The summed E-state index contributed by atoms with van der Waals surface area (Å²) in [6.07, 6.45) is 17.8. The van der Waals surface area contributed by atoms with E-state index in [4.69, 9.17) is 0 Å². The van der Waals surface area contributed by atoms with Gasteiger partial charge in [0.1, 0.15) is 0 Å². The van der Waals surface area contributed by atoms with Gasteiger partial charge in [0.05, 0.1) is 16.8 Å². The molecule has 1 nitrogen and oxygen atoms in total. The van der Waals surface area contributed by atoms with Gasteiger partial charge in [-0.1, -0.05) is 206 Å². The first-order chi connectivity index (χ1) is 31.3. The monoisotopic (exact) mass is 799 g/mol. The third-order valence-electron chi connectivity index (χ3n) is 13.9. The minimum Gasteiger partial charge on any atom is -0.311 e. The summed E-state index contributed by atoms with van der Waals surface area (Å²) in [4.78, 5) is 2.70. The van der Waals surface area contributed by atoms with E-state index < -0.39 is 5.41 Å². The van der Waals surface area contributed by atoms with E-state index in [2.05, 4.69) is 242 Å². The first-order valence-electron chi connectivity index (χ1n) is 22.1. The van der Waals surface area contributed by atoms with Crippen LogP contribution in [0.1, 0.15) is 33.4 Å². The van der Waals surface area contributed by atoms with Crippen LogP contribution in [0, 0.1) is 5.41 Å². The maximum absolute atomic E-state index is 2.70. The van der Waals surface area contributed by atoms with Gasteiger partial charge in [-0.05, 0) is 119 Å². The maximum atomic E-state index is 2.70. The third kappa shape index (κ3) is 5.30. The molecule has 1 unspecified atom stereocenters. The number of fused-ring (bicyclic) bond motifs is 11. The van der Waals surface area contributed by atoms with Crippen molar-refractivity contribution >= 4 is 34.7 Å². The van der Waals surface area contributed by atoms with Gasteiger partial charge in [-0.2, -0.15) is 0 Å². The van der Waals surface area contributed by atoms with Crippen molar-refractivity contribution in [2.45, 2.75) is 6.42 Å². The lowest BCUT2D eigenvalue weighted by Gasteiger charge is -2.47. The van der Waals surface area contributed by atoms with E-state index >= 15 is 0 Å². The van der Waals surface area contributed by atoms with E-state index in [9.17, 15) is 0 Å². The van der Waals surface area contributed by atoms with Crippen LogP contribution >= 0.6 is 0 Å². The van der Waals surface area contributed by atoms with Crippen molar-refractivity contribution in [3.63, 3.8) is 0 Å². The Morgan fingerprint density at radius 3 is 1.60 bits per heavy atom. The van der Waals surface area contributed by atoms with E-state index in [-0.39, 0.29) is 0 Å². The number of rotatable bonds is 6. The first-order valence-corrected chi connectivity index (χ1v) is 22.1. The zero-order valence-electron chi connectivity index (χ0n) is 34.7. The average molecular weight is 800 g/mol. The molecule has 8 aromatic carbocycles. The molecule has 1 atom stereocenters. The fourth-order valence-corrected chi connectivity index (χ4v) is 11.2. The Bertz CT molecular complexity index is 3370. The Balaban J connectivity index is 1.20. The number of benzene rings is 8. The van der Waals surface area contributed by atoms with Gasteiger partial charge in [0.2, 0.25) is 0 Å². The lowest BCUT2D eigenvalue weighted by Crippen LogP contribution is -2.38. The Morgan fingerprint density at radius 2 is 0.937 bits per heavy atom. The lowest BCUT2D eigenvalue weighted by molar-refractivity contribution is 0.676. The largest absolute Gasteiger partial charge is 0.311 e. The second-order valence-electron chi connectivity index (χ2n) is 17.1. The van der Waals surface area contributed by atoms with E-state index in [0.29, 0.717) is 0 Å². The van der Waals surface area contributed by atoms with Gasteiger partial charge in [-0.3, -0.25) is 0 Å². The molecule has 13 rings (SSSR count). The summed E-state index contributed by atoms with van der Waals surface area (Å²) in [5, 5.41) is 0. The lowest BCUT2D eigenvalue weighted by atomic mass is 9.63. The van der Waals surface area contributed by atoms with Gasteiger partial charge >= 0.3 is 0 Å². The highest BCUT2D eigenvalue weighted by atomic mass is 15.2. The highest BCUT2D eigenvalue weighted by Crippen LogP contribution is 2.65. The van der Waals surface area contributed by atoms with Crippen LogP contribution in [-0.2, 0) is 6.42 Å². The Kier molecular flexibility index (Phi) is 7.95. The average Bonchev–Trinajstić information content (AvgIpc) is 4.06. The Hall–Kier alpha value is -8.00. The fraction of sp³-hybridized carbons (Fsp3) is 0.0323. The summed E-state index contributed by atoms with van der Waals surface area (Å²) in [6.45, 7) is 0. The van der Waals surface area contributed by atoms with Gasteiger partial charge in [0.15, 0.2) is 0 Å². The predicted octanol–water partition coefficient (Wildman–Crippen LogP) is 15.8. The summed E-state index contributed by atoms with van der Waals surface area (Å²) >= 11 is 0. The molecule has 8 aromatic rings. The maximum Gasteiger partial charge on any atom is 0.0803 e. The van der Waals surface area contributed by atoms with Gasteiger partial charge < -0.3 is 4.90 Å². The number of hydrogen-bond acceptors (Lipinski definition) is 1. The van der Waals surface area contributed by atoms with Crippen LogP contribution in [0.25, 0.3) is 67.8 Å². The fourth-order valence-electron chi connectivity index (χ4n) is 11.2. The molecule has 0 aliphatic heterocycles. The van der Waals surface area contributed by atoms with E-state index in [1.54, 1.807) is 0 Å². The molecule has 0 saturated carbocycles. The predicted molar refractivity (Wildman–Crippen MR) is 264 cm³/mol. The number of hydrogen-bond donors (Lipinski definition) is 0. The number of allylic oxidation sites excluding steroid dienone is 7. The summed E-state index contributed by atoms with van der Waals surface area (Å²) < 4.78 is 0. The molecule has 294 valence electrons. The molecular weight excluding hydrogens is 759 g/mol. The van der Waals surface area contributed by atoms with E-state index in [1.807, 2.05) is 0 Å². The van der Waals surface area contributed by atoms with Crippen molar-refractivity contribution in [2.75, 3.05) is 4.90 Å². The molecule has 0 bridgehead atoms. The second-order valence-corrected chi connectivity index (χ2v) is 17.1. The second kappa shape index (κ2) is 14.0. The molecule has 1 heteroatoms. The molecule has 63 heavy (non-hydrogen) atoms. The molecule has 5 aliphatic rings. The van der Waals surface area contributed by atoms with Crippen molar-refractivity contribution in [2.24, 2.45) is 5.41 Å². The Labute approximate surface area is 369 Å². The van der Waals surface area contributed by atoms with Crippen LogP contribution in [0.15, 0.2) is 241 Å². The van der Waals surface area contributed by atoms with Crippen molar-refractivity contribution in [3.05, 3.63) is 275 Å². The normalized spacial score (nSPS) is 17.0. The van der Waals surface area contributed by atoms with Crippen LogP contribution in [0.5, 0.6) is 0 Å². The minimum absolute atomic E-state index is 0.662. The molecule has 0 fully saturated rings. The summed E-state index contributed by atoms with van der Waals surface area (Å²) in [5.74, 6) is 0. The summed E-state index contributed by atoms with van der Waals surface area (Å²) in [5.41, 5.74) is 25.7. The molecule has 5 aliphatic carbocycles. The standard InChI is InChI=1S/C62H41N/c1-4-19-41(20-5-1)50-31-16-17-33-58(50)63(61-55-37-44-25-10-15-30-49(44)54(55)40-53(42-21-6-2-7-22-42)60(61)43-23-8-3-9-24-43)59-35-34-52-48-29-14-12-27-46(48)39-57(52)62(59)36-18-32-51-47-28-13-11-26-45(47)38-56(51)62/h1-36,38-40H,37H2. The zero-order valence-corrected chi connectivity index (χ0v) is 34.7. The Morgan fingerprint density at radius 1 is 0.413 bits per heavy atom. The van der Waals surface area contributed by atoms with E-state index in [0.717, 1.165) is 12.1 Å². The quantitative estimate of drug-likeness (QED) is 0.162. The van der Waals surface area contributed by atoms with Crippen molar-refractivity contribution in [1.82, 2.24) is 0 Å². The molecule has 1 spiro atoms. The summed E-state index contributed by atoms with van der Waals surface area (Å²) in [7, 11) is 0. The van der Waals surface area contributed by atoms with Gasteiger partial charge in [-0.25, -0.2) is 0 Å². The van der Waals surface area contributed by atoms with Gasteiger partial charge in [0.25, 0.3) is 0 Å². The molecule has 0 aromatic heterocycles. The minimum atomic E-state index is -0.662. The van der Waals surface area contributed by atoms with Crippen LogP contribution in [0.3, 0.4) is 0 Å².